The van der Waals surface area contributed by atoms with Crippen molar-refractivity contribution in [2.24, 2.45) is 5.14 Å². The smallest absolute Gasteiger partial charge is 0.342 e. The van der Waals surface area contributed by atoms with Crippen LogP contribution in [0.4, 0.5) is 4.39 Å². The Balaban J connectivity index is 1.84. The zero-order chi connectivity index (χ0) is 23.6. The van der Waals surface area contributed by atoms with Crippen molar-refractivity contribution in [1.82, 2.24) is 4.57 Å². The van der Waals surface area contributed by atoms with E-state index in [-0.39, 0.29) is 21.8 Å². The van der Waals surface area contributed by atoms with Crippen LogP contribution < -0.4 is 9.88 Å². The number of hydrogen-bond donors (Lipinski definition) is 1. The fourth-order valence-corrected chi connectivity index (χ4v) is 3.90. The van der Waals surface area contributed by atoms with Crippen LogP contribution >= 0.6 is 0 Å². The van der Waals surface area contributed by atoms with Crippen molar-refractivity contribution in [3.63, 3.8) is 0 Å². The molecule has 0 spiro atoms. The molecule has 0 bridgehead atoms. The van der Waals surface area contributed by atoms with Gasteiger partial charge in [0, 0.05) is 17.0 Å². The van der Waals surface area contributed by atoms with Crippen molar-refractivity contribution in [2.45, 2.75) is 18.7 Å². The molecule has 0 saturated heterocycles. The molecule has 0 saturated carbocycles. The van der Waals surface area contributed by atoms with E-state index in [1.807, 2.05) is 0 Å². The number of Topliss-reactive ketones (excluding diaryl/α,β-unsaturated/α-hetero) is 1. The highest BCUT2D eigenvalue weighted by atomic mass is 32.2. The zero-order valence-electron chi connectivity index (χ0n) is 17.6. The molecule has 10 heteroatoms. The van der Waals surface area contributed by atoms with Gasteiger partial charge in [-0.05, 0) is 50.2 Å². The molecule has 0 aliphatic heterocycles. The summed E-state index contributed by atoms with van der Waals surface area (Å²) in [5, 5.41) is 5.10. The van der Waals surface area contributed by atoms with Gasteiger partial charge < -0.3 is 14.0 Å². The van der Waals surface area contributed by atoms with E-state index in [0.717, 1.165) is 6.07 Å². The third-order valence-corrected chi connectivity index (χ3v) is 5.79. The van der Waals surface area contributed by atoms with Gasteiger partial charge in [-0.1, -0.05) is 12.1 Å². The summed E-state index contributed by atoms with van der Waals surface area (Å²) >= 11 is 0. The van der Waals surface area contributed by atoms with E-state index in [0.29, 0.717) is 17.1 Å². The van der Waals surface area contributed by atoms with Crippen LogP contribution in [-0.2, 0) is 14.8 Å². The second-order valence-corrected chi connectivity index (χ2v) is 8.54. The van der Waals surface area contributed by atoms with Crippen molar-refractivity contribution in [3.05, 3.63) is 76.9 Å². The number of ketones is 1. The molecule has 1 heterocycles. The predicted molar refractivity (Wildman–Crippen MR) is 114 cm³/mol. The molecule has 0 atom stereocenters. The number of hydrogen-bond acceptors (Lipinski definition) is 6. The number of nitrogens with zero attached hydrogens (tertiary/aromatic N) is 1. The van der Waals surface area contributed by atoms with E-state index >= 15 is 0 Å². The van der Waals surface area contributed by atoms with E-state index in [1.165, 1.54) is 25.3 Å². The number of nitrogens with two attached hydrogens (primary N) is 1. The average Bonchev–Trinajstić information content (AvgIpc) is 3.05. The zero-order valence-corrected chi connectivity index (χ0v) is 18.4. The minimum absolute atomic E-state index is 0.0626. The second-order valence-electron chi connectivity index (χ2n) is 6.98. The highest BCUT2D eigenvalue weighted by Gasteiger charge is 2.22. The first-order valence-corrected chi connectivity index (χ1v) is 10.9. The Morgan fingerprint density at radius 3 is 2.38 bits per heavy atom. The molecule has 0 amide bonds. The summed E-state index contributed by atoms with van der Waals surface area (Å²) in [5.74, 6) is -1.84. The number of methoxy groups -OCH3 is 1. The summed E-state index contributed by atoms with van der Waals surface area (Å²) in [7, 11) is -2.76. The SMILES string of the molecule is COc1ccc(S(N)(=O)=O)cc1C(=O)OCC(=O)c1cc(C)n(-c2ccccc2F)c1C. The quantitative estimate of drug-likeness (QED) is 0.428. The lowest BCUT2D eigenvalue weighted by atomic mass is 10.1. The Bertz CT molecular complexity index is 1310. The number of carbonyl (C=O) groups is 2. The van der Waals surface area contributed by atoms with Crippen LogP contribution in [-0.4, -0.2) is 38.5 Å². The molecule has 0 unspecified atom stereocenters. The summed E-state index contributed by atoms with van der Waals surface area (Å²) in [4.78, 5) is 24.9. The van der Waals surface area contributed by atoms with Crippen LogP contribution in [0, 0.1) is 19.7 Å². The first-order valence-electron chi connectivity index (χ1n) is 9.39. The highest BCUT2D eigenvalue weighted by Crippen LogP contribution is 2.25. The van der Waals surface area contributed by atoms with Crippen LogP contribution in [0.3, 0.4) is 0 Å². The van der Waals surface area contributed by atoms with Crippen LogP contribution in [0.25, 0.3) is 5.69 Å². The van der Waals surface area contributed by atoms with E-state index < -0.39 is 34.2 Å². The van der Waals surface area contributed by atoms with E-state index in [2.05, 4.69) is 0 Å². The first-order chi connectivity index (χ1) is 15.0. The van der Waals surface area contributed by atoms with Gasteiger partial charge in [0.25, 0.3) is 0 Å². The van der Waals surface area contributed by atoms with Crippen molar-refractivity contribution in [2.75, 3.05) is 13.7 Å². The summed E-state index contributed by atoms with van der Waals surface area (Å²) < 4.78 is 49.1. The molecule has 0 aliphatic rings. The molecule has 3 rings (SSSR count). The second kappa shape index (κ2) is 8.93. The fourth-order valence-electron chi connectivity index (χ4n) is 3.36. The number of rotatable bonds is 7. The van der Waals surface area contributed by atoms with Crippen LogP contribution in [0.2, 0.25) is 0 Å². The standard InChI is InChI=1S/C22H21FN2O6S/c1-13-10-16(14(2)25(13)19-7-5-4-6-18(19)23)20(26)12-31-22(27)17-11-15(32(24,28)29)8-9-21(17)30-3/h4-11H,12H2,1-3H3,(H2,24,28,29). The molecule has 168 valence electrons. The number of aryl methyl sites for hydroxylation is 1. The van der Waals surface area contributed by atoms with Crippen LogP contribution in [0.15, 0.2) is 53.4 Å². The Hall–Kier alpha value is -3.50. The molecule has 1 aromatic heterocycles. The number of carbonyl (C=O) groups excluding carboxylic acids is 2. The Morgan fingerprint density at radius 1 is 1.06 bits per heavy atom. The van der Waals surface area contributed by atoms with Crippen molar-refractivity contribution < 1.29 is 31.9 Å². The molecular formula is C22H21FN2O6S. The minimum Gasteiger partial charge on any atom is -0.496 e. The number of ether oxygens (including phenoxy) is 2. The van der Waals surface area contributed by atoms with Gasteiger partial charge in [0.1, 0.15) is 17.1 Å². The number of aromatic nitrogens is 1. The summed E-state index contributed by atoms with van der Waals surface area (Å²) in [6.45, 7) is 2.78. The van der Waals surface area contributed by atoms with E-state index in [4.69, 9.17) is 14.6 Å². The van der Waals surface area contributed by atoms with Gasteiger partial charge in [-0.25, -0.2) is 22.7 Å². The lowest BCUT2D eigenvalue weighted by Crippen LogP contribution is -2.17. The molecule has 0 fully saturated rings. The molecular weight excluding hydrogens is 439 g/mol. The van der Waals surface area contributed by atoms with Crippen molar-refractivity contribution in [1.29, 1.82) is 0 Å². The molecule has 8 nitrogen and oxygen atoms in total. The van der Waals surface area contributed by atoms with Gasteiger partial charge in [-0.3, -0.25) is 4.79 Å². The van der Waals surface area contributed by atoms with Crippen molar-refractivity contribution >= 4 is 21.8 Å². The average molecular weight is 460 g/mol. The highest BCUT2D eigenvalue weighted by molar-refractivity contribution is 7.89. The maximum absolute atomic E-state index is 14.2. The van der Waals surface area contributed by atoms with E-state index in [9.17, 15) is 22.4 Å². The number of primary sulfonamides is 1. The Morgan fingerprint density at radius 2 is 1.75 bits per heavy atom. The van der Waals surface area contributed by atoms with Gasteiger partial charge in [-0.2, -0.15) is 0 Å². The van der Waals surface area contributed by atoms with Gasteiger partial charge >= 0.3 is 5.97 Å². The fraction of sp³-hybridized carbons (Fsp3) is 0.182. The summed E-state index contributed by atoms with van der Waals surface area (Å²) in [6.07, 6.45) is 0. The third-order valence-electron chi connectivity index (χ3n) is 4.88. The molecule has 2 N–H and O–H groups in total. The van der Waals surface area contributed by atoms with Gasteiger partial charge in [0.15, 0.2) is 6.61 Å². The van der Waals surface area contributed by atoms with Crippen molar-refractivity contribution in [3.8, 4) is 11.4 Å². The molecule has 0 radical (unpaired) electrons. The summed E-state index contributed by atoms with van der Waals surface area (Å²) in [6, 6.07) is 11.2. The van der Waals surface area contributed by atoms with Gasteiger partial charge in [0.05, 0.1) is 17.7 Å². The van der Waals surface area contributed by atoms with Gasteiger partial charge in [-0.15, -0.1) is 0 Å². The number of para-hydroxylation sites is 1. The van der Waals surface area contributed by atoms with Gasteiger partial charge in [0.2, 0.25) is 15.8 Å². The maximum Gasteiger partial charge on any atom is 0.342 e. The lowest BCUT2D eigenvalue weighted by molar-refractivity contribution is 0.0471. The normalized spacial score (nSPS) is 11.3. The number of esters is 1. The Labute approximate surface area is 184 Å². The van der Waals surface area contributed by atoms with Crippen LogP contribution in [0.1, 0.15) is 32.1 Å². The molecule has 2 aromatic carbocycles. The molecule has 3 aromatic rings. The minimum atomic E-state index is -4.06. The Kier molecular flexibility index (Phi) is 6.47. The van der Waals surface area contributed by atoms with Crippen LogP contribution in [0.5, 0.6) is 5.75 Å². The number of benzene rings is 2. The molecule has 32 heavy (non-hydrogen) atoms. The maximum atomic E-state index is 14.2. The topological polar surface area (TPSA) is 118 Å². The predicted octanol–water partition coefficient (Wildman–Crippen LogP) is 2.93. The van der Waals surface area contributed by atoms with E-state index in [1.54, 1.807) is 42.7 Å². The third kappa shape index (κ3) is 4.56. The number of halogens is 1. The first kappa shape index (κ1) is 23.2. The largest absolute Gasteiger partial charge is 0.496 e. The molecule has 0 aliphatic carbocycles. The summed E-state index contributed by atoms with van der Waals surface area (Å²) in [5.41, 5.74) is 1.49. The number of sulfonamides is 1. The monoisotopic (exact) mass is 460 g/mol. The lowest BCUT2D eigenvalue weighted by Gasteiger charge is -2.11.